The first-order valence-electron chi connectivity index (χ1n) is 12.1. The molecule has 0 radical (unpaired) electrons. The number of nitrogens with one attached hydrogen (secondary N) is 3. The Labute approximate surface area is 216 Å². The van der Waals surface area contributed by atoms with Gasteiger partial charge in [-0.3, -0.25) is 14.4 Å². The molecule has 0 bridgehead atoms. The van der Waals surface area contributed by atoms with Crippen LogP contribution in [0.15, 0.2) is 77.9 Å². The summed E-state index contributed by atoms with van der Waals surface area (Å²) in [6.45, 7) is 8.42. The summed E-state index contributed by atoms with van der Waals surface area (Å²) in [5.41, 5.74) is 5.04. The van der Waals surface area contributed by atoms with Crippen LogP contribution in [0.4, 0.5) is 17.1 Å². The van der Waals surface area contributed by atoms with E-state index in [4.69, 9.17) is 4.74 Å². The molecule has 0 aliphatic rings. The monoisotopic (exact) mass is 501 g/mol. The van der Waals surface area contributed by atoms with Gasteiger partial charge < -0.3 is 20.3 Å². The zero-order chi connectivity index (χ0) is 26.6. The number of ether oxygens (including phenoxy) is 1. The topological polar surface area (TPSA) is 112 Å². The molecule has 37 heavy (non-hydrogen) atoms. The molecule has 3 aromatic rings. The summed E-state index contributed by atoms with van der Waals surface area (Å²) in [5, 5.41) is 9.11. The van der Waals surface area contributed by atoms with Crippen LogP contribution in [-0.2, 0) is 9.59 Å². The lowest BCUT2D eigenvalue weighted by atomic mass is 10.1. The zero-order valence-corrected chi connectivity index (χ0v) is 21.2. The maximum absolute atomic E-state index is 12.8. The van der Waals surface area contributed by atoms with Crippen molar-refractivity contribution >= 4 is 41.0 Å². The molecule has 0 fully saturated rings. The fraction of sp³-hybridized carbons (Fsp3) is 0.214. The van der Waals surface area contributed by atoms with E-state index in [0.717, 1.165) is 24.3 Å². The van der Waals surface area contributed by atoms with Gasteiger partial charge in [0.2, 0.25) is 0 Å². The van der Waals surface area contributed by atoms with Crippen molar-refractivity contribution in [3.8, 4) is 5.75 Å². The molecule has 192 valence electrons. The van der Waals surface area contributed by atoms with Crippen LogP contribution in [0.5, 0.6) is 5.75 Å². The van der Waals surface area contributed by atoms with Crippen molar-refractivity contribution in [2.45, 2.75) is 20.8 Å². The molecule has 3 aromatic carbocycles. The van der Waals surface area contributed by atoms with Gasteiger partial charge in [-0.25, -0.2) is 5.43 Å². The number of amides is 3. The van der Waals surface area contributed by atoms with Crippen molar-refractivity contribution in [1.82, 2.24) is 5.43 Å². The van der Waals surface area contributed by atoms with Crippen molar-refractivity contribution in [2.75, 3.05) is 35.2 Å². The molecule has 0 saturated heterocycles. The molecule has 3 amide bonds. The molecule has 3 N–H and O–H groups in total. The largest absolute Gasteiger partial charge is 0.494 e. The minimum Gasteiger partial charge on any atom is -0.494 e. The van der Waals surface area contributed by atoms with Crippen molar-refractivity contribution in [3.63, 3.8) is 0 Å². The molecule has 0 heterocycles. The summed E-state index contributed by atoms with van der Waals surface area (Å²) in [5.74, 6) is -1.65. The molecule has 0 atom stereocenters. The summed E-state index contributed by atoms with van der Waals surface area (Å²) in [7, 11) is 0. The smallest absolute Gasteiger partial charge is 0.329 e. The quantitative estimate of drug-likeness (QED) is 0.218. The number of hydrogen-bond acceptors (Lipinski definition) is 6. The maximum Gasteiger partial charge on any atom is 0.329 e. The number of hydrazone groups is 1. The van der Waals surface area contributed by atoms with Crippen LogP contribution in [0.2, 0.25) is 0 Å². The number of carbonyl (C=O) groups excluding carboxylic acids is 3. The molecule has 0 spiro atoms. The Morgan fingerprint density at radius 2 is 1.51 bits per heavy atom. The van der Waals surface area contributed by atoms with E-state index in [1.807, 2.05) is 31.2 Å². The second kappa shape index (κ2) is 13.4. The van der Waals surface area contributed by atoms with Crippen LogP contribution >= 0.6 is 0 Å². The van der Waals surface area contributed by atoms with Crippen LogP contribution in [-0.4, -0.2) is 43.6 Å². The van der Waals surface area contributed by atoms with Crippen molar-refractivity contribution in [3.05, 3.63) is 83.9 Å². The Kier molecular flexibility index (Phi) is 9.78. The first-order valence-corrected chi connectivity index (χ1v) is 12.1. The highest BCUT2D eigenvalue weighted by atomic mass is 16.5. The molecule has 0 aromatic heterocycles. The third-order valence-electron chi connectivity index (χ3n) is 5.45. The standard InChI is InChI=1S/C28H31N5O4/c1-4-33(5-2)22-15-11-20(12-16-22)19-29-32-28(36)27(35)31-25-10-8-7-9-24(25)26(34)30-21-13-17-23(18-14-21)37-6-3/h7-19H,4-6H2,1-3H3,(H,30,34)(H,31,35)(H,32,36)/b29-19+. The van der Waals surface area contributed by atoms with Crippen molar-refractivity contribution in [1.29, 1.82) is 0 Å². The highest BCUT2D eigenvalue weighted by Crippen LogP contribution is 2.20. The summed E-state index contributed by atoms with van der Waals surface area (Å²) in [6, 6.07) is 21.0. The number of nitrogens with zero attached hydrogens (tertiary/aromatic N) is 2. The molecule has 0 aliphatic heterocycles. The van der Waals surface area contributed by atoms with E-state index in [2.05, 4.69) is 39.9 Å². The third kappa shape index (κ3) is 7.66. The van der Waals surface area contributed by atoms with Gasteiger partial charge in [0.25, 0.3) is 5.91 Å². The first kappa shape index (κ1) is 26.9. The Bertz CT molecular complexity index is 1240. The highest BCUT2D eigenvalue weighted by molar-refractivity contribution is 6.40. The zero-order valence-electron chi connectivity index (χ0n) is 21.2. The number of hydrogen-bond donors (Lipinski definition) is 3. The van der Waals surface area contributed by atoms with Crippen LogP contribution in [0.1, 0.15) is 36.7 Å². The van der Waals surface area contributed by atoms with Gasteiger partial charge in [-0.15, -0.1) is 0 Å². The molecule has 9 nitrogen and oxygen atoms in total. The number of anilines is 3. The molecule has 3 rings (SSSR count). The number of benzene rings is 3. The van der Waals surface area contributed by atoms with Crippen LogP contribution in [0, 0.1) is 0 Å². The van der Waals surface area contributed by atoms with Gasteiger partial charge in [0, 0.05) is 24.5 Å². The minimum atomic E-state index is -0.960. The van der Waals surface area contributed by atoms with Gasteiger partial charge in [-0.05, 0) is 74.9 Å². The number of para-hydroxylation sites is 1. The lowest BCUT2D eigenvalue weighted by Gasteiger charge is -2.20. The van der Waals surface area contributed by atoms with Crippen LogP contribution < -0.4 is 25.7 Å². The molecule has 9 heteroatoms. The number of carbonyl (C=O) groups is 3. The van der Waals surface area contributed by atoms with Gasteiger partial charge >= 0.3 is 11.8 Å². The van der Waals surface area contributed by atoms with Gasteiger partial charge in [-0.2, -0.15) is 5.10 Å². The van der Waals surface area contributed by atoms with E-state index >= 15 is 0 Å². The summed E-state index contributed by atoms with van der Waals surface area (Å²) in [6.07, 6.45) is 1.45. The SMILES string of the molecule is CCOc1ccc(NC(=O)c2ccccc2NC(=O)C(=O)N/N=C/c2ccc(N(CC)CC)cc2)cc1. The lowest BCUT2D eigenvalue weighted by molar-refractivity contribution is -0.136. The van der Waals surface area contributed by atoms with Gasteiger partial charge in [-0.1, -0.05) is 24.3 Å². The minimum absolute atomic E-state index is 0.196. The molecular formula is C28H31N5O4. The fourth-order valence-electron chi connectivity index (χ4n) is 3.54. The Hall–Kier alpha value is -4.66. The van der Waals surface area contributed by atoms with Crippen molar-refractivity contribution < 1.29 is 19.1 Å². The van der Waals surface area contributed by atoms with E-state index in [-0.39, 0.29) is 11.3 Å². The second-order valence-corrected chi connectivity index (χ2v) is 7.87. The highest BCUT2D eigenvalue weighted by Gasteiger charge is 2.18. The second-order valence-electron chi connectivity index (χ2n) is 7.87. The Balaban J connectivity index is 1.58. The molecular weight excluding hydrogens is 470 g/mol. The summed E-state index contributed by atoms with van der Waals surface area (Å²) >= 11 is 0. The normalized spacial score (nSPS) is 10.6. The summed E-state index contributed by atoms with van der Waals surface area (Å²) < 4.78 is 5.40. The summed E-state index contributed by atoms with van der Waals surface area (Å²) in [4.78, 5) is 39.7. The van der Waals surface area contributed by atoms with Gasteiger partial charge in [0.15, 0.2) is 0 Å². The molecule has 0 aliphatic carbocycles. The lowest BCUT2D eigenvalue weighted by Crippen LogP contribution is -2.33. The third-order valence-corrected chi connectivity index (χ3v) is 5.45. The van der Waals surface area contributed by atoms with E-state index in [9.17, 15) is 14.4 Å². The fourth-order valence-corrected chi connectivity index (χ4v) is 3.54. The van der Waals surface area contributed by atoms with E-state index in [0.29, 0.717) is 18.0 Å². The maximum atomic E-state index is 12.8. The van der Waals surface area contributed by atoms with Gasteiger partial charge in [0.05, 0.1) is 24.1 Å². The van der Waals surface area contributed by atoms with Crippen LogP contribution in [0.3, 0.4) is 0 Å². The Morgan fingerprint density at radius 3 is 2.16 bits per heavy atom. The average molecular weight is 502 g/mol. The number of rotatable bonds is 10. The predicted octanol–water partition coefficient (Wildman–Crippen LogP) is 4.27. The predicted molar refractivity (Wildman–Crippen MR) is 146 cm³/mol. The molecule has 0 saturated carbocycles. The van der Waals surface area contributed by atoms with E-state index in [1.54, 1.807) is 48.5 Å². The van der Waals surface area contributed by atoms with Crippen molar-refractivity contribution in [2.24, 2.45) is 5.10 Å². The van der Waals surface area contributed by atoms with E-state index < -0.39 is 17.7 Å². The first-order chi connectivity index (χ1) is 17.9. The Morgan fingerprint density at radius 1 is 0.838 bits per heavy atom. The van der Waals surface area contributed by atoms with Crippen LogP contribution in [0.25, 0.3) is 0 Å². The van der Waals surface area contributed by atoms with Gasteiger partial charge in [0.1, 0.15) is 5.75 Å². The molecule has 0 unspecified atom stereocenters. The average Bonchev–Trinajstić information content (AvgIpc) is 2.91. The van der Waals surface area contributed by atoms with E-state index in [1.165, 1.54) is 6.21 Å².